The highest BCUT2D eigenvalue weighted by molar-refractivity contribution is 7.10. The Kier molecular flexibility index (Phi) is 4.21. The lowest BCUT2D eigenvalue weighted by Crippen LogP contribution is -2.19. The summed E-state index contributed by atoms with van der Waals surface area (Å²) < 4.78 is 0. The third-order valence-corrected chi connectivity index (χ3v) is 4.46. The zero-order chi connectivity index (χ0) is 11.6. The third kappa shape index (κ3) is 3.47. The maximum Gasteiger partial charge on any atom is 0.0899 e. The Morgan fingerprint density at radius 1 is 1.47 bits per heavy atom. The molecule has 0 radical (unpaired) electrons. The fourth-order valence-electron chi connectivity index (χ4n) is 1.34. The SMILES string of the molecule is CC(CC(O)c1sccc1Cl)C(C)(C)C. The van der Waals surface area contributed by atoms with Crippen LogP contribution in [0.1, 0.15) is 45.1 Å². The maximum atomic E-state index is 10.0. The van der Waals surface area contributed by atoms with E-state index in [1.807, 2.05) is 11.4 Å². The molecule has 0 aliphatic carbocycles. The molecular formula is C12H19ClOS. The summed E-state index contributed by atoms with van der Waals surface area (Å²) in [5.74, 6) is 0.464. The smallest absolute Gasteiger partial charge is 0.0899 e. The summed E-state index contributed by atoms with van der Waals surface area (Å²) in [6, 6.07) is 1.84. The number of hydrogen-bond acceptors (Lipinski definition) is 2. The Hall–Kier alpha value is -0.0500. The Morgan fingerprint density at radius 3 is 2.47 bits per heavy atom. The molecule has 0 aliphatic heterocycles. The molecule has 1 rings (SSSR count). The minimum Gasteiger partial charge on any atom is -0.388 e. The summed E-state index contributed by atoms with van der Waals surface area (Å²) in [5, 5.41) is 12.7. The molecule has 3 heteroatoms. The van der Waals surface area contributed by atoms with Crippen LogP contribution < -0.4 is 0 Å². The molecule has 0 spiro atoms. The van der Waals surface area contributed by atoms with E-state index in [1.165, 1.54) is 11.3 Å². The summed E-state index contributed by atoms with van der Waals surface area (Å²) in [5.41, 5.74) is 0.227. The first kappa shape index (κ1) is 13.0. The largest absolute Gasteiger partial charge is 0.388 e. The molecule has 0 aliphatic rings. The normalized spacial score (nSPS) is 16.4. The van der Waals surface area contributed by atoms with E-state index in [0.717, 1.165) is 11.3 Å². The molecule has 0 saturated heterocycles. The second-order valence-corrected chi connectivity index (χ2v) is 6.51. The zero-order valence-electron chi connectivity index (χ0n) is 9.75. The lowest BCUT2D eigenvalue weighted by atomic mass is 9.79. The van der Waals surface area contributed by atoms with Crippen molar-refractivity contribution in [2.75, 3.05) is 0 Å². The van der Waals surface area contributed by atoms with Crippen molar-refractivity contribution >= 4 is 22.9 Å². The van der Waals surface area contributed by atoms with Crippen molar-refractivity contribution in [3.05, 3.63) is 21.3 Å². The first-order valence-corrected chi connectivity index (χ1v) is 6.49. The van der Waals surface area contributed by atoms with Gasteiger partial charge < -0.3 is 5.11 Å². The minimum absolute atomic E-state index is 0.227. The highest BCUT2D eigenvalue weighted by Gasteiger charge is 2.24. The lowest BCUT2D eigenvalue weighted by Gasteiger charge is -2.28. The van der Waals surface area contributed by atoms with Crippen LogP contribution in [-0.4, -0.2) is 5.11 Å². The molecule has 0 aromatic carbocycles. The van der Waals surface area contributed by atoms with E-state index in [4.69, 9.17) is 11.6 Å². The molecule has 1 aromatic rings. The second-order valence-electron chi connectivity index (χ2n) is 5.15. The van der Waals surface area contributed by atoms with E-state index in [-0.39, 0.29) is 5.41 Å². The highest BCUT2D eigenvalue weighted by atomic mass is 35.5. The van der Waals surface area contributed by atoms with Crippen LogP contribution in [0.4, 0.5) is 0 Å². The number of hydrogen-bond donors (Lipinski definition) is 1. The van der Waals surface area contributed by atoms with Gasteiger partial charge >= 0.3 is 0 Å². The Bertz CT molecular complexity index is 314. The van der Waals surface area contributed by atoms with E-state index in [2.05, 4.69) is 27.7 Å². The van der Waals surface area contributed by atoms with Crippen LogP contribution in [0.3, 0.4) is 0 Å². The molecule has 1 N–H and O–H groups in total. The summed E-state index contributed by atoms with van der Waals surface area (Å²) in [7, 11) is 0. The van der Waals surface area contributed by atoms with Crippen molar-refractivity contribution in [2.24, 2.45) is 11.3 Å². The van der Waals surface area contributed by atoms with Crippen molar-refractivity contribution < 1.29 is 5.11 Å². The van der Waals surface area contributed by atoms with Crippen LogP contribution in [0, 0.1) is 11.3 Å². The van der Waals surface area contributed by atoms with E-state index >= 15 is 0 Å². The molecule has 2 unspecified atom stereocenters. The van der Waals surface area contributed by atoms with E-state index < -0.39 is 6.10 Å². The van der Waals surface area contributed by atoms with Crippen LogP contribution >= 0.6 is 22.9 Å². The fourth-order valence-corrected chi connectivity index (χ4v) is 2.52. The summed E-state index contributed by atoms with van der Waals surface area (Å²) in [6.45, 7) is 8.76. The molecule has 2 atom stereocenters. The monoisotopic (exact) mass is 246 g/mol. The van der Waals surface area contributed by atoms with Crippen molar-refractivity contribution in [1.29, 1.82) is 0 Å². The molecule has 0 bridgehead atoms. The predicted molar refractivity (Wildman–Crippen MR) is 67.5 cm³/mol. The molecule has 1 heterocycles. The quantitative estimate of drug-likeness (QED) is 0.832. The summed E-state index contributed by atoms with van der Waals surface area (Å²) >= 11 is 7.51. The van der Waals surface area contributed by atoms with Gasteiger partial charge in [-0.3, -0.25) is 0 Å². The molecule has 0 fully saturated rings. The van der Waals surface area contributed by atoms with Gasteiger partial charge in [-0.15, -0.1) is 11.3 Å². The van der Waals surface area contributed by atoms with Crippen molar-refractivity contribution in [1.82, 2.24) is 0 Å². The molecule has 0 amide bonds. The molecule has 1 aromatic heterocycles. The van der Waals surface area contributed by atoms with Gasteiger partial charge in [0.1, 0.15) is 0 Å². The fraction of sp³-hybridized carbons (Fsp3) is 0.667. The summed E-state index contributed by atoms with van der Waals surface area (Å²) in [4.78, 5) is 0.896. The summed E-state index contributed by atoms with van der Waals surface area (Å²) in [6.07, 6.45) is 0.343. The van der Waals surface area contributed by atoms with Crippen LogP contribution in [0.2, 0.25) is 5.02 Å². The van der Waals surface area contributed by atoms with E-state index in [0.29, 0.717) is 10.9 Å². The van der Waals surface area contributed by atoms with Crippen molar-refractivity contribution in [2.45, 2.75) is 40.2 Å². The highest BCUT2D eigenvalue weighted by Crippen LogP contribution is 2.37. The van der Waals surface area contributed by atoms with Gasteiger partial charge in [0.15, 0.2) is 0 Å². The van der Waals surface area contributed by atoms with Crippen molar-refractivity contribution in [3.8, 4) is 0 Å². The van der Waals surface area contributed by atoms with Crippen LogP contribution in [0.5, 0.6) is 0 Å². The topological polar surface area (TPSA) is 20.2 Å². The minimum atomic E-state index is -0.424. The van der Waals surface area contributed by atoms with Crippen molar-refractivity contribution in [3.63, 3.8) is 0 Å². The Morgan fingerprint density at radius 2 is 2.07 bits per heavy atom. The predicted octanol–water partition coefficient (Wildman–Crippen LogP) is 4.51. The number of halogens is 1. The van der Waals surface area contributed by atoms with Gasteiger partial charge in [-0.25, -0.2) is 0 Å². The third-order valence-electron chi connectivity index (χ3n) is 3.00. The van der Waals surface area contributed by atoms with Gasteiger partial charge in [-0.1, -0.05) is 39.3 Å². The molecule has 15 heavy (non-hydrogen) atoms. The van der Waals surface area contributed by atoms with Gasteiger partial charge in [0.25, 0.3) is 0 Å². The van der Waals surface area contributed by atoms with Gasteiger partial charge in [0.05, 0.1) is 16.0 Å². The Balaban J connectivity index is 2.64. The number of rotatable bonds is 3. The van der Waals surface area contributed by atoms with Gasteiger partial charge in [-0.05, 0) is 29.2 Å². The van der Waals surface area contributed by atoms with Crippen LogP contribution in [-0.2, 0) is 0 Å². The average Bonchev–Trinajstić information content (AvgIpc) is 2.49. The average molecular weight is 247 g/mol. The number of thiophene rings is 1. The zero-order valence-corrected chi connectivity index (χ0v) is 11.3. The number of aliphatic hydroxyl groups is 1. The van der Waals surface area contributed by atoms with E-state index in [9.17, 15) is 5.11 Å². The van der Waals surface area contributed by atoms with Gasteiger partial charge in [0.2, 0.25) is 0 Å². The first-order valence-electron chi connectivity index (χ1n) is 5.23. The standard InChI is InChI=1S/C12H19ClOS/c1-8(12(2,3)4)7-10(14)11-9(13)5-6-15-11/h5-6,8,10,14H,7H2,1-4H3. The van der Waals surface area contributed by atoms with Crippen LogP contribution in [0.25, 0.3) is 0 Å². The van der Waals surface area contributed by atoms with E-state index in [1.54, 1.807) is 0 Å². The molecule has 1 nitrogen and oxygen atoms in total. The van der Waals surface area contributed by atoms with Gasteiger partial charge in [0, 0.05) is 0 Å². The number of aliphatic hydroxyl groups excluding tert-OH is 1. The maximum absolute atomic E-state index is 10.0. The lowest BCUT2D eigenvalue weighted by molar-refractivity contribution is 0.113. The van der Waals surface area contributed by atoms with Gasteiger partial charge in [-0.2, -0.15) is 0 Å². The Labute approximate surface area is 101 Å². The van der Waals surface area contributed by atoms with Crippen LogP contribution in [0.15, 0.2) is 11.4 Å². The second kappa shape index (κ2) is 4.86. The molecular weight excluding hydrogens is 228 g/mol. The molecule has 86 valence electrons. The molecule has 0 saturated carbocycles. The first-order chi connectivity index (χ1) is 6.82.